The van der Waals surface area contributed by atoms with Gasteiger partial charge in [-0.1, -0.05) is 53.9 Å². The molecule has 0 radical (unpaired) electrons. The highest BCUT2D eigenvalue weighted by Crippen LogP contribution is 2.26. The lowest BCUT2D eigenvalue weighted by molar-refractivity contribution is 0.521. The van der Waals surface area contributed by atoms with Crippen molar-refractivity contribution in [2.24, 2.45) is 0 Å². The number of benzene rings is 1. The predicted molar refractivity (Wildman–Crippen MR) is 65.5 cm³/mol. The lowest BCUT2D eigenvalue weighted by Gasteiger charge is -2.17. The fraction of sp³-hybridized carbons (Fsp3) is 0.500. The van der Waals surface area contributed by atoms with Crippen LogP contribution in [0.25, 0.3) is 0 Å². The molecule has 2 heteroatoms. The molecule has 0 amide bonds. The van der Waals surface area contributed by atoms with Gasteiger partial charge in [0.05, 0.1) is 0 Å². The second-order valence-corrected chi connectivity index (χ2v) is 4.36. The third-order valence-electron chi connectivity index (χ3n) is 2.48. The van der Waals surface area contributed by atoms with E-state index >= 15 is 0 Å². The van der Waals surface area contributed by atoms with Gasteiger partial charge >= 0.3 is 0 Å². The van der Waals surface area contributed by atoms with Crippen molar-refractivity contribution < 1.29 is 0 Å². The van der Waals surface area contributed by atoms with E-state index in [0.717, 1.165) is 0 Å². The van der Waals surface area contributed by atoms with Gasteiger partial charge < -0.3 is 5.32 Å². The maximum Gasteiger partial charge on any atom is 0.0328 e. The number of hydrogen-bond acceptors (Lipinski definition) is 1. The molecule has 0 spiro atoms. The smallest absolute Gasteiger partial charge is 0.0328 e. The van der Waals surface area contributed by atoms with E-state index in [-0.39, 0.29) is 0 Å². The van der Waals surface area contributed by atoms with E-state index < -0.39 is 0 Å². The Balaban J connectivity index is 2.73. The van der Waals surface area contributed by atoms with Gasteiger partial charge in [-0.05, 0) is 25.1 Å². The summed E-state index contributed by atoms with van der Waals surface area (Å²) in [6.07, 6.45) is 3.73. The van der Waals surface area contributed by atoms with Crippen molar-refractivity contribution in [1.29, 1.82) is 0 Å². The van der Waals surface area contributed by atoms with Crippen LogP contribution in [0.2, 0.25) is 0 Å². The van der Waals surface area contributed by atoms with Crippen LogP contribution in [0.3, 0.4) is 0 Å². The van der Waals surface area contributed by atoms with Crippen molar-refractivity contribution in [1.82, 2.24) is 5.32 Å². The highest BCUT2D eigenvalue weighted by atomic mass is 79.9. The van der Waals surface area contributed by atoms with Gasteiger partial charge in [0.2, 0.25) is 0 Å². The maximum absolute atomic E-state index is 3.59. The Morgan fingerprint density at radius 2 is 2.07 bits per heavy atom. The van der Waals surface area contributed by atoms with E-state index in [1.54, 1.807) is 0 Å². The molecule has 1 aromatic rings. The molecule has 1 nitrogen and oxygen atoms in total. The summed E-state index contributed by atoms with van der Waals surface area (Å²) >= 11 is 3.59. The van der Waals surface area contributed by atoms with Gasteiger partial charge in [-0.25, -0.2) is 0 Å². The summed E-state index contributed by atoms with van der Waals surface area (Å²) in [6, 6.07) is 8.91. The molecule has 0 aliphatic carbocycles. The summed E-state index contributed by atoms with van der Waals surface area (Å²) in [6.45, 7) is 2.23. The molecule has 14 heavy (non-hydrogen) atoms. The monoisotopic (exact) mass is 255 g/mol. The molecule has 0 aromatic heterocycles. The van der Waals surface area contributed by atoms with Crippen LogP contribution in [0.1, 0.15) is 37.8 Å². The number of hydrogen-bond donors (Lipinski definition) is 1. The van der Waals surface area contributed by atoms with Gasteiger partial charge in [-0.3, -0.25) is 0 Å². The molecular formula is C12H18BrN. The number of nitrogens with one attached hydrogen (secondary N) is 1. The first-order valence-corrected chi connectivity index (χ1v) is 6.00. The van der Waals surface area contributed by atoms with E-state index in [4.69, 9.17) is 0 Å². The van der Waals surface area contributed by atoms with Crippen molar-refractivity contribution in [3.05, 3.63) is 34.3 Å². The standard InChI is InChI=1S/C12H18BrN/c1-3-4-9-12(14-2)10-7-5-6-8-11(10)13/h5-8,12,14H,3-4,9H2,1-2H3. The third kappa shape index (κ3) is 3.10. The number of halogens is 1. The largest absolute Gasteiger partial charge is 0.313 e. The highest BCUT2D eigenvalue weighted by molar-refractivity contribution is 9.10. The molecule has 0 saturated carbocycles. The van der Waals surface area contributed by atoms with Crippen LogP contribution in [0.15, 0.2) is 28.7 Å². The van der Waals surface area contributed by atoms with Crippen LogP contribution in [0.5, 0.6) is 0 Å². The molecule has 1 unspecified atom stereocenters. The maximum atomic E-state index is 3.59. The second-order valence-electron chi connectivity index (χ2n) is 3.51. The topological polar surface area (TPSA) is 12.0 Å². The Morgan fingerprint density at radius 3 is 2.64 bits per heavy atom. The number of unbranched alkanes of at least 4 members (excludes halogenated alkanes) is 1. The minimum Gasteiger partial charge on any atom is -0.313 e. The Morgan fingerprint density at radius 1 is 1.36 bits per heavy atom. The quantitative estimate of drug-likeness (QED) is 0.842. The van der Waals surface area contributed by atoms with Crippen LogP contribution in [0, 0.1) is 0 Å². The van der Waals surface area contributed by atoms with E-state index in [0.29, 0.717) is 6.04 Å². The summed E-state index contributed by atoms with van der Waals surface area (Å²) < 4.78 is 1.20. The summed E-state index contributed by atoms with van der Waals surface area (Å²) in [5.74, 6) is 0. The summed E-state index contributed by atoms with van der Waals surface area (Å²) in [5, 5.41) is 3.36. The third-order valence-corrected chi connectivity index (χ3v) is 3.20. The van der Waals surface area contributed by atoms with Gasteiger partial charge in [0.1, 0.15) is 0 Å². The zero-order valence-electron chi connectivity index (χ0n) is 8.89. The van der Waals surface area contributed by atoms with Gasteiger partial charge in [-0.15, -0.1) is 0 Å². The normalized spacial score (nSPS) is 12.8. The van der Waals surface area contributed by atoms with E-state index in [2.05, 4.69) is 52.4 Å². The minimum atomic E-state index is 0.477. The molecule has 0 fully saturated rings. The molecule has 1 atom stereocenters. The van der Waals surface area contributed by atoms with E-state index in [9.17, 15) is 0 Å². The SMILES string of the molecule is CCCCC(NC)c1ccccc1Br. The van der Waals surface area contributed by atoms with Gasteiger partial charge in [0, 0.05) is 10.5 Å². The average molecular weight is 256 g/mol. The summed E-state index contributed by atoms with van der Waals surface area (Å²) in [5.41, 5.74) is 1.36. The molecule has 1 aromatic carbocycles. The fourth-order valence-corrected chi connectivity index (χ4v) is 2.18. The first kappa shape index (κ1) is 11.7. The van der Waals surface area contributed by atoms with Crippen molar-refractivity contribution in [3.63, 3.8) is 0 Å². The van der Waals surface area contributed by atoms with Crippen LogP contribution in [-0.4, -0.2) is 7.05 Å². The zero-order chi connectivity index (χ0) is 10.4. The first-order valence-electron chi connectivity index (χ1n) is 5.21. The highest BCUT2D eigenvalue weighted by Gasteiger charge is 2.10. The van der Waals surface area contributed by atoms with Crippen molar-refractivity contribution >= 4 is 15.9 Å². The summed E-state index contributed by atoms with van der Waals surface area (Å²) in [7, 11) is 2.03. The predicted octanol–water partition coefficient (Wildman–Crippen LogP) is 3.90. The van der Waals surface area contributed by atoms with Crippen LogP contribution < -0.4 is 5.32 Å². The molecule has 1 N–H and O–H groups in total. The minimum absolute atomic E-state index is 0.477. The lowest BCUT2D eigenvalue weighted by Crippen LogP contribution is -2.16. The van der Waals surface area contributed by atoms with Gasteiger partial charge in [0.25, 0.3) is 0 Å². The molecular weight excluding hydrogens is 238 g/mol. The Labute approximate surface area is 95.0 Å². The Bertz CT molecular complexity index is 273. The number of rotatable bonds is 5. The molecule has 0 bridgehead atoms. The molecule has 0 aliphatic heterocycles. The molecule has 0 saturated heterocycles. The van der Waals surface area contributed by atoms with Crippen molar-refractivity contribution in [2.75, 3.05) is 7.05 Å². The molecule has 78 valence electrons. The molecule has 0 aliphatic rings. The lowest BCUT2D eigenvalue weighted by atomic mass is 10.0. The first-order chi connectivity index (χ1) is 6.79. The van der Waals surface area contributed by atoms with Crippen LogP contribution in [0.4, 0.5) is 0 Å². The summed E-state index contributed by atoms with van der Waals surface area (Å²) in [4.78, 5) is 0. The van der Waals surface area contributed by atoms with Crippen LogP contribution >= 0.6 is 15.9 Å². The van der Waals surface area contributed by atoms with E-state index in [1.165, 1.54) is 29.3 Å². The Kier molecular flexibility index (Phi) is 5.20. The fourth-order valence-electron chi connectivity index (χ4n) is 1.62. The van der Waals surface area contributed by atoms with Crippen molar-refractivity contribution in [3.8, 4) is 0 Å². The molecule has 1 rings (SSSR count). The van der Waals surface area contributed by atoms with Crippen molar-refractivity contribution in [2.45, 2.75) is 32.2 Å². The van der Waals surface area contributed by atoms with Crippen LogP contribution in [-0.2, 0) is 0 Å². The Hall–Kier alpha value is -0.340. The zero-order valence-corrected chi connectivity index (χ0v) is 10.5. The van der Waals surface area contributed by atoms with Gasteiger partial charge in [0.15, 0.2) is 0 Å². The van der Waals surface area contributed by atoms with E-state index in [1.807, 2.05) is 7.05 Å². The molecule has 0 heterocycles. The second kappa shape index (κ2) is 6.20. The average Bonchev–Trinajstić information content (AvgIpc) is 2.21. The van der Waals surface area contributed by atoms with Gasteiger partial charge in [-0.2, -0.15) is 0 Å².